The van der Waals surface area contributed by atoms with Crippen LogP contribution in [0.25, 0.3) is 0 Å². The lowest BCUT2D eigenvalue weighted by Crippen LogP contribution is -2.54. The number of hydrogen-bond acceptors (Lipinski definition) is 5. The van der Waals surface area contributed by atoms with E-state index in [9.17, 15) is 8.42 Å². The molecule has 1 aliphatic rings. The van der Waals surface area contributed by atoms with E-state index in [1.54, 1.807) is 13.8 Å². The molecule has 4 N–H and O–H groups in total. The van der Waals surface area contributed by atoms with Crippen LogP contribution in [-0.2, 0) is 10.2 Å². The standard InChI is InChI=1S/C9H21N5O3S/c1-8(2)12-18(16,17)14-5-3-13(4-6-14)7-9(10)11-15/h8,12,15H,3-7H2,1-2H3,(H2,10,11). The summed E-state index contributed by atoms with van der Waals surface area (Å²) in [6.45, 7) is 5.85. The number of hydrogen-bond donors (Lipinski definition) is 3. The zero-order valence-electron chi connectivity index (χ0n) is 10.7. The molecular formula is C9H21N5O3S. The molecule has 0 aromatic rings. The van der Waals surface area contributed by atoms with Crippen molar-refractivity contribution in [3.05, 3.63) is 0 Å². The molecule has 1 saturated heterocycles. The minimum Gasteiger partial charge on any atom is -0.409 e. The van der Waals surface area contributed by atoms with Crippen molar-refractivity contribution in [1.82, 2.24) is 13.9 Å². The zero-order chi connectivity index (χ0) is 13.8. The van der Waals surface area contributed by atoms with E-state index in [-0.39, 0.29) is 11.9 Å². The third-order valence-corrected chi connectivity index (χ3v) is 4.38. The van der Waals surface area contributed by atoms with E-state index in [1.165, 1.54) is 4.31 Å². The average molecular weight is 279 g/mol. The van der Waals surface area contributed by atoms with E-state index in [4.69, 9.17) is 10.9 Å². The monoisotopic (exact) mass is 279 g/mol. The van der Waals surface area contributed by atoms with Crippen molar-refractivity contribution < 1.29 is 13.6 Å². The first kappa shape index (κ1) is 15.2. The quantitative estimate of drug-likeness (QED) is 0.248. The van der Waals surface area contributed by atoms with Gasteiger partial charge in [0.2, 0.25) is 0 Å². The zero-order valence-corrected chi connectivity index (χ0v) is 11.5. The number of amidine groups is 1. The van der Waals surface area contributed by atoms with Gasteiger partial charge in [-0.25, -0.2) is 0 Å². The van der Waals surface area contributed by atoms with Gasteiger partial charge in [-0.1, -0.05) is 5.16 Å². The lowest BCUT2D eigenvalue weighted by molar-refractivity contribution is 0.205. The van der Waals surface area contributed by atoms with E-state index in [0.29, 0.717) is 32.7 Å². The van der Waals surface area contributed by atoms with Crippen LogP contribution in [0.5, 0.6) is 0 Å². The summed E-state index contributed by atoms with van der Waals surface area (Å²) in [7, 11) is -3.39. The maximum Gasteiger partial charge on any atom is 0.279 e. The lowest BCUT2D eigenvalue weighted by Gasteiger charge is -2.33. The van der Waals surface area contributed by atoms with Gasteiger partial charge in [0.1, 0.15) is 0 Å². The predicted octanol–water partition coefficient (Wildman–Crippen LogP) is -1.41. The van der Waals surface area contributed by atoms with Crippen LogP contribution in [0.2, 0.25) is 0 Å². The molecule has 1 aliphatic heterocycles. The molecule has 0 aromatic carbocycles. The first-order valence-corrected chi connectivity index (χ1v) is 7.25. The maximum atomic E-state index is 11.9. The fraction of sp³-hybridized carbons (Fsp3) is 0.889. The molecule has 1 heterocycles. The lowest BCUT2D eigenvalue weighted by atomic mass is 10.3. The van der Waals surface area contributed by atoms with Crippen molar-refractivity contribution in [2.24, 2.45) is 10.9 Å². The molecule has 8 nitrogen and oxygen atoms in total. The normalized spacial score (nSPS) is 20.5. The van der Waals surface area contributed by atoms with E-state index in [1.807, 2.05) is 4.90 Å². The Hall–Kier alpha value is -0.900. The fourth-order valence-electron chi connectivity index (χ4n) is 1.76. The van der Waals surface area contributed by atoms with Crippen molar-refractivity contribution in [2.75, 3.05) is 32.7 Å². The van der Waals surface area contributed by atoms with Crippen LogP contribution in [0.15, 0.2) is 5.16 Å². The van der Waals surface area contributed by atoms with Gasteiger partial charge in [0.15, 0.2) is 5.84 Å². The van der Waals surface area contributed by atoms with Gasteiger partial charge in [-0.05, 0) is 13.8 Å². The predicted molar refractivity (Wildman–Crippen MR) is 68.6 cm³/mol. The van der Waals surface area contributed by atoms with Crippen LogP contribution in [0.1, 0.15) is 13.8 Å². The summed E-state index contributed by atoms with van der Waals surface area (Å²) in [4.78, 5) is 1.94. The second-order valence-corrected chi connectivity index (χ2v) is 6.25. The molecule has 1 fully saturated rings. The fourth-order valence-corrected chi connectivity index (χ4v) is 3.15. The highest BCUT2D eigenvalue weighted by molar-refractivity contribution is 7.87. The minimum absolute atomic E-state index is 0.120. The van der Waals surface area contributed by atoms with Crippen LogP contribution in [0, 0.1) is 0 Å². The first-order chi connectivity index (χ1) is 8.35. The summed E-state index contributed by atoms with van der Waals surface area (Å²) in [5.74, 6) is 0.131. The Kier molecular flexibility index (Phi) is 5.32. The van der Waals surface area contributed by atoms with Crippen molar-refractivity contribution in [2.45, 2.75) is 19.9 Å². The highest BCUT2D eigenvalue weighted by Crippen LogP contribution is 2.06. The molecule has 0 unspecified atom stereocenters. The Morgan fingerprint density at radius 3 is 2.39 bits per heavy atom. The number of oxime groups is 1. The van der Waals surface area contributed by atoms with E-state index in [2.05, 4.69) is 9.88 Å². The number of nitrogens with one attached hydrogen (secondary N) is 1. The molecule has 0 amide bonds. The Labute approximate surface area is 108 Å². The molecule has 0 aromatic heterocycles. The van der Waals surface area contributed by atoms with Crippen LogP contribution in [0.4, 0.5) is 0 Å². The summed E-state index contributed by atoms with van der Waals surface area (Å²) in [6.07, 6.45) is 0. The summed E-state index contributed by atoms with van der Waals surface area (Å²) in [6, 6.07) is -0.120. The number of nitrogens with two attached hydrogens (primary N) is 1. The van der Waals surface area contributed by atoms with Gasteiger partial charge in [-0.3, -0.25) is 4.90 Å². The minimum atomic E-state index is -3.39. The van der Waals surface area contributed by atoms with Crippen LogP contribution >= 0.6 is 0 Å². The molecule has 0 saturated carbocycles. The number of rotatable bonds is 5. The molecule has 0 aliphatic carbocycles. The smallest absolute Gasteiger partial charge is 0.279 e. The SMILES string of the molecule is CC(C)NS(=O)(=O)N1CCN(CC(N)=NO)CC1. The molecule has 106 valence electrons. The molecule has 0 spiro atoms. The topological polar surface area (TPSA) is 111 Å². The second kappa shape index (κ2) is 6.32. The van der Waals surface area contributed by atoms with Crippen LogP contribution in [-0.4, -0.2) is 67.4 Å². The molecule has 0 bridgehead atoms. The van der Waals surface area contributed by atoms with Gasteiger partial charge in [0.25, 0.3) is 10.2 Å². The molecule has 18 heavy (non-hydrogen) atoms. The average Bonchev–Trinajstić information content (AvgIpc) is 2.28. The first-order valence-electron chi connectivity index (χ1n) is 5.81. The summed E-state index contributed by atoms with van der Waals surface area (Å²) >= 11 is 0. The molecule has 9 heteroatoms. The van der Waals surface area contributed by atoms with Crippen molar-refractivity contribution in [3.63, 3.8) is 0 Å². The molecule has 1 rings (SSSR count). The Bertz CT molecular complexity index is 387. The Morgan fingerprint density at radius 1 is 1.39 bits per heavy atom. The maximum absolute atomic E-state index is 11.9. The Morgan fingerprint density at radius 2 is 1.94 bits per heavy atom. The van der Waals surface area contributed by atoms with E-state index >= 15 is 0 Å². The molecular weight excluding hydrogens is 258 g/mol. The van der Waals surface area contributed by atoms with Gasteiger partial charge < -0.3 is 10.9 Å². The van der Waals surface area contributed by atoms with Crippen LogP contribution < -0.4 is 10.5 Å². The highest BCUT2D eigenvalue weighted by atomic mass is 32.2. The van der Waals surface area contributed by atoms with Gasteiger partial charge in [-0.2, -0.15) is 17.4 Å². The molecule has 0 radical (unpaired) electrons. The van der Waals surface area contributed by atoms with Gasteiger partial charge in [0, 0.05) is 32.2 Å². The largest absolute Gasteiger partial charge is 0.409 e. The van der Waals surface area contributed by atoms with Gasteiger partial charge >= 0.3 is 0 Å². The molecule has 0 atom stereocenters. The number of nitrogens with zero attached hydrogens (tertiary/aromatic N) is 3. The van der Waals surface area contributed by atoms with Crippen molar-refractivity contribution in [3.8, 4) is 0 Å². The van der Waals surface area contributed by atoms with Crippen molar-refractivity contribution >= 4 is 16.0 Å². The third-order valence-electron chi connectivity index (χ3n) is 2.57. The van der Waals surface area contributed by atoms with Gasteiger partial charge in [-0.15, -0.1) is 0 Å². The summed E-state index contributed by atoms with van der Waals surface area (Å²) in [5, 5.41) is 11.4. The summed E-state index contributed by atoms with van der Waals surface area (Å²) in [5.41, 5.74) is 5.40. The number of piperazine rings is 1. The van der Waals surface area contributed by atoms with Crippen LogP contribution in [0.3, 0.4) is 0 Å². The second-order valence-electron chi connectivity index (χ2n) is 4.54. The van der Waals surface area contributed by atoms with E-state index in [0.717, 1.165) is 0 Å². The third kappa shape index (κ3) is 4.41. The highest BCUT2D eigenvalue weighted by Gasteiger charge is 2.27. The summed E-state index contributed by atoms with van der Waals surface area (Å²) < 4.78 is 27.7. The van der Waals surface area contributed by atoms with Gasteiger partial charge in [0.05, 0.1) is 6.54 Å². The van der Waals surface area contributed by atoms with E-state index < -0.39 is 10.2 Å². The Balaban J connectivity index is 2.49. The van der Waals surface area contributed by atoms with Crippen molar-refractivity contribution in [1.29, 1.82) is 0 Å².